The lowest BCUT2D eigenvalue weighted by atomic mass is 10.0. The van der Waals surface area contributed by atoms with E-state index >= 15 is 0 Å². The number of hydrogen-bond acceptors (Lipinski definition) is 4. The molecular weight excluding hydrogens is 210 g/mol. The average molecular weight is 225 g/mol. The average Bonchev–Trinajstić information content (AvgIpc) is 2.25. The summed E-state index contributed by atoms with van der Waals surface area (Å²) in [6.45, 7) is 0. The molecule has 0 radical (unpaired) electrons. The summed E-state index contributed by atoms with van der Waals surface area (Å²) in [6, 6.07) is 4.29. The number of hydrogen-bond donors (Lipinski definition) is 3. The van der Waals surface area contributed by atoms with Crippen molar-refractivity contribution in [2.45, 2.75) is 18.9 Å². The molecule has 0 saturated carbocycles. The number of carbonyl (C=O) groups is 1. The number of carboxylic acids is 1. The van der Waals surface area contributed by atoms with Crippen molar-refractivity contribution in [3.8, 4) is 11.5 Å². The highest BCUT2D eigenvalue weighted by Gasteiger charge is 2.13. The van der Waals surface area contributed by atoms with Crippen molar-refractivity contribution in [3.63, 3.8) is 0 Å². The molecule has 0 heterocycles. The van der Waals surface area contributed by atoms with Crippen molar-refractivity contribution in [2.24, 2.45) is 5.73 Å². The van der Waals surface area contributed by atoms with Crippen LogP contribution in [-0.2, 0) is 4.79 Å². The SMILES string of the molecule is COc1ccc(C(N)CCC(=O)O)c(O)c1. The molecule has 0 aliphatic heterocycles. The molecule has 1 rings (SSSR count). The molecule has 0 bridgehead atoms. The maximum atomic E-state index is 10.4. The van der Waals surface area contributed by atoms with Gasteiger partial charge in [0, 0.05) is 24.1 Å². The Morgan fingerprint density at radius 1 is 1.56 bits per heavy atom. The fourth-order valence-corrected chi connectivity index (χ4v) is 1.40. The van der Waals surface area contributed by atoms with Gasteiger partial charge in [0.25, 0.3) is 0 Å². The van der Waals surface area contributed by atoms with Crippen LogP contribution >= 0.6 is 0 Å². The minimum absolute atomic E-state index is 0.0212. The van der Waals surface area contributed by atoms with E-state index in [1.54, 1.807) is 12.1 Å². The van der Waals surface area contributed by atoms with Gasteiger partial charge in [-0.2, -0.15) is 0 Å². The molecule has 4 N–H and O–H groups in total. The van der Waals surface area contributed by atoms with E-state index < -0.39 is 12.0 Å². The first-order chi connectivity index (χ1) is 7.54. The third-order valence-corrected chi connectivity index (χ3v) is 2.31. The van der Waals surface area contributed by atoms with E-state index in [0.717, 1.165) is 0 Å². The van der Waals surface area contributed by atoms with Crippen LogP contribution in [0.2, 0.25) is 0 Å². The first kappa shape index (κ1) is 12.3. The van der Waals surface area contributed by atoms with Crippen LogP contribution in [0.4, 0.5) is 0 Å². The number of benzene rings is 1. The molecule has 0 aromatic heterocycles. The maximum Gasteiger partial charge on any atom is 0.303 e. The van der Waals surface area contributed by atoms with Gasteiger partial charge in [0.15, 0.2) is 0 Å². The highest BCUT2D eigenvalue weighted by molar-refractivity contribution is 5.66. The number of ether oxygens (including phenoxy) is 1. The molecule has 1 aromatic carbocycles. The lowest BCUT2D eigenvalue weighted by Crippen LogP contribution is -2.12. The van der Waals surface area contributed by atoms with E-state index in [0.29, 0.717) is 11.3 Å². The van der Waals surface area contributed by atoms with Gasteiger partial charge in [-0.15, -0.1) is 0 Å². The van der Waals surface area contributed by atoms with Gasteiger partial charge in [0.1, 0.15) is 11.5 Å². The van der Waals surface area contributed by atoms with Crippen LogP contribution in [-0.4, -0.2) is 23.3 Å². The van der Waals surface area contributed by atoms with Gasteiger partial charge < -0.3 is 20.7 Å². The summed E-state index contributed by atoms with van der Waals surface area (Å²) in [6.07, 6.45) is 0.266. The number of phenols is 1. The monoisotopic (exact) mass is 225 g/mol. The third kappa shape index (κ3) is 3.13. The Balaban J connectivity index is 2.75. The standard InChI is InChI=1S/C11H15NO4/c1-16-7-2-3-8(10(13)6-7)9(12)4-5-11(14)15/h2-3,6,9,13H,4-5,12H2,1H3,(H,14,15). The van der Waals surface area contributed by atoms with E-state index in [4.69, 9.17) is 15.6 Å². The Labute approximate surface area is 93.5 Å². The van der Waals surface area contributed by atoms with Crippen molar-refractivity contribution < 1.29 is 19.7 Å². The van der Waals surface area contributed by atoms with E-state index in [2.05, 4.69) is 0 Å². The summed E-state index contributed by atoms with van der Waals surface area (Å²) in [5, 5.41) is 18.2. The Kier molecular flexibility index (Phi) is 4.13. The summed E-state index contributed by atoms with van der Waals surface area (Å²) >= 11 is 0. The molecule has 0 fully saturated rings. The minimum atomic E-state index is -0.900. The van der Waals surface area contributed by atoms with Crippen LogP contribution in [0.1, 0.15) is 24.4 Å². The molecule has 0 saturated heterocycles. The summed E-state index contributed by atoms with van der Waals surface area (Å²) in [5.74, 6) is -0.340. The van der Waals surface area contributed by atoms with Gasteiger partial charge in [-0.3, -0.25) is 4.79 Å². The molecule has 88 valence electrons. The largest absolute Gasteiger partial charge is 0.507 e. The molecule has 0 aliphatic rings. The topological polar surface area (TPSA) is 92.8 Å². The lowest BCUT2D eigenvalue weighted by molar-refractivity contribution is -0.137. The number of phenolic OH excluding ortho intramolecular Hbond substituents is 1. The summed E-state index contributed by atoms with van der Waals surface area (Å²) < 4.78 is 4.93. The fraction of sp³-hybridized carbons (Fsp3) is 0.364. The molecule has 5 heteroatoms. The quantitative estimate of drug-likeness (QED) is 0.701. The zero-order valence-electron chi connectivity index (χ0n) is 9.01. The molecular formula is C11H15NO4. The zero-order chi connectivity index (χ0) is 12.1. The van der Waals surface area contributed by atoms with E-state index in [9.17, 15) is 9.90 Å². The van der Waals surface area contributed by atoms with E-state index in [1.807, 2.05) is 0 Å². The zero-order valence-corrected chi connectivity index (χ0v) is 9.01. The lowest BCUT2D eigenvalue weighted by Gasteiger charge is -2.13. The maximum absolute atomic E-state index is 10.4. The normalized spacial score (nSPS) is 12.1. The van der Waals surface area contributed by atoms with Crippen molar-refractivity contribution >= 4 is 5.97 Å². The number of aliphatic carboxylic acids is 1. The number of methoxy groups -OCH3 is 1. The minimum Gasteiger partial charge on any atom is -0.507 e. The second-order valence-corrected chi connectivity index (χ2v) is 3.46. The number of nitrogens with two attached hydrogens (primary N) is 1. The molecule has 16 heavy (non-hydrogen) atoms. The second-order valence-electron chi connectivity index (χ2n) is 3.46. The van der Waals surface area contributed by atoms with Crippen molar-refractivity contribution in [1.29, 1.82) is 0 Å². The third-order valence-electron chi connectivity index (χ3n) is 2.31. The van der Waals surface area contributed by atoms with Crippen LogP contribution < -0.4 is 10.5 Å². The van der Waals surface area contributed by atoms with E-state index in [1.165, 1.54) is 13.2 Å². The summed E-state index contributed by atoms with van der Waals surface area (Å²) in [5.41, 5.74) is 6.30. The Hall–Kier alpha value is -1.75. The first-order valence-electron chi connectivity index (χ1n) is 4.89. The van der Waals surface area contributed by atoms with Crippen LogP contribution in [0.15, 0.2) is 18.2 Å². The molecule has 1 atom stereocenters. The molecule has 1 aromatic rings. The van der Waals surface area contributed by atoms with Gasteiger partial charge >= 0.3 is 5.97 Å². The molecule has 0 aliphatic carbocycles. The van der Waals surface area contributed by atoms with Crippen LogP contribution in [0, 0.1) is 0 Å². The molecule has 1 unspecified atom stereocenters. The van der Waals surface area contributed by atoms with Crippen molar-refractivity contribution in [2.75, 3.05) is 7.11 Å². The van der Waals surface area contributed by atoms with Gasteiger partial charge in [0.05, 0.1) is 7.11 Å². The predicted octanol–water partition coefficient (Wildman–Crippen LogP) is 1.27. The van der Waals surface area contributed by atoms with Crippen molar-refractivity contribution in [3.05, 3.63) is 23.8 Å². The summed E-state index contributed by atoms with van der Waals surface area (Å²) in [4.78, 5) is 10.4. The number of aromatic hydroxyl groups is 1. The predicted molar refractivity (Wildman–Crippen MR) is 58.5 cm³/mol. The Morgan fingerprint density at radius 2 is 2.25 bits per heavy atom. The Bertz CT molecular complexity index is 378. The molecule has 0 amide bonds. The molecule has 0 spiro atoms. The first-order valence-corrected chi connectivity index (χ1v) is 4.89. The molecule has 5 nitrogen and oxygen atoms in total. The number of carboxylic acid groups (broad SMARTS) is 1. The van der Waals surface area contributed by atoms with Gasteiger partial charge in [-0.05, 0) is 12.5 Å². The van der Waals surface area contributed by atoms with E-state index in [-0.39, 0.29) is 18.6 Å². The van der Waals surface area contributed by atoms with Gasteiger partial charge in [-0.1, -0.05) is 6.07 Å². The smallest absolute Gasteiger partial charge is 0.303 e. The van der Waals surface area contributed by atoms with Gasteiger partial charge in [-0.25, -0.2) is 0 Å². The van der Waals surface area contributed by atoms with Crippen LogP contribution in [0.3, 0.4) is 0 Å². The second kappa shape index (κ2) is 5.37. The highest BCUT2D eigenvalue weighted by Crippen LogP contribution is 2.29. The van der Waals surface area contributed by atoms with Crippen molar-refractivity contribution in [1.82, 2.24) is 0 Å². The highest BCUT2D eigenvalue weighted by atomic mass is 16.5. The van der Waals surface area contributed by atoms with Crippen LogP contribution in [0.5, 0.6) is 11.5 Å². The van der Waals surface area contributed by atoms with Gasteiger partial charge in [0.2, 0.25) is 0 Å². The Morgan fingerprint density at radius 3 is 2.75 bits per heavy atom. The summed E-state index contributed by atoms with van der Waals surface area (Å²) in [7, 11) is 1.50. The number of rotatable bonds is 5. The van der Waals surface area contributed by atoms with Crippen LogP contribution in [0.25, 0.3) is 0 Å². The fourth-order valence-electron chi connectivity index (χ4n) is 1.40.